The molecule has 1 nitrogen and oxygen atoms in total. The smallest absolute Gasteiger partial charge is 0.00865 e. The van der Waals surface area contributed by atoms with Gasteiger partial charge in [0.1, 0.15) is 0 Å². The molecule has 0 saturated heterocycles. The van der Waals surface area contributed by atoms with Crippen molar-refractivity contribution >= 4 is 11.8 Å². The SMILES string of the molecule is C#CCCCCNCCCSCC. The van der Waals surface area contributed by atoms with E-state index < -0.39 is 0 Å². The molecule has 0 saturated carbocycles. The van der Waals surface area contributed by atoms with Gasteiger partial charge in [0.2, 0.25) is 0 Å². The summed E-state index contributed by atoms with van der Waals surface area (Å²) in [6.45, 7) is 4.49. The standard InChI is InChI=1S/C11H21NS/c1-3-5-6-7-9-12-10-8-11-13-4-2/h1,12H,4-11H2,2H3. The third-order valence-corrected chi connectivity index (χ3v) is 2.76. The van der Waals surface area contributed by atoms with E-state index in [0.717, 1.165) is 25.9 Å². The number of nitrogens with one attached hydrogen (secondary N) is 1. The predicted octanol–water partition coefficient (Wildman–Crippen LogP) is 2.52. The van der Waals surface area contributed by atoms with Gasteiger partial charge in [0, 0.05) is 6.42 Å². The minimum Gasteiger partial charge on any atom is -0.317 e. The van der Waals surface area contributed by atoms with Gasteiger partial charge in [-0.05, 0) is 43.9 Å². The minimum atomic E-state index is 0.924. The maximum absolute atomic E-state index is 5.15. The molecular weight excluding hydrogens is 178 g/mol. The van der Waals surface area contributed by atoms with Crippen LogP contribution in [0.4, 0.5) is 0 Å². The lowest BCUT2D eigenvalue weighted by molar-refractivity contribution is 0.625. The van der Waals surface area contributed by atoms with Crippen LogP contribution in [0.15, 0.2) is 0 Å². The van der Waals surface area contributed by atoms with Gasteiger partial charge in [0.05, 0.1) is 0 Å². The molecule has 0 spiro atoms. The van der Waals surface area contributed by atoms with Gasteiger partial charge in [-0.1, -0.05) is 6.92 Å². The third-order valence-electron chi connectivity index (χ3n) is 1.77. The first-order valence-corrected chi connectivity index (χ1v) is 6.29. The molecule has 0 aromatic carbocycles. The summed E-state index contributed by atoms with van der Waals surface area (Å²) in [5.74, 6) is 5.18. The molecule has 76 valence electrons. The summed E-state index contributed by atoms with van der Waals surface area (Å²) in [6.07, 6.45) is 9.73. The summed E-state index contributed by atoms with van der Waals surface area (Å²) >= 11 is 2.01. The molecule has 0 heterocycles. The number of terminal acetylenes is 1. The molecule has 0 aliphatic rings. The molecule has 0 radical (unpaired) electrons. The Morgan fingerprint density at radius 2 is 2.00 bits per heavy atom. The molecule has 0 aliphatic heterocycles. The molecule has 0 aliphatic carbocycles. The highest BCUT2D eigenvalue weighted by molar-refractivity contribution is 7.99. The second-order valence-electron chi connectivity index (χ2n) is 2.96. The van der Waals surface area contributed by atoms with Crippen LogP contribution in [0.3, 0.4) is 0 Å². The summed E-state index contributed by atoms with van der Waals surface area (Å²) < 4.78 is 0. The number of rotatable bonds is 9. The van der Waals surface area contributed by atoms with Gasteiger partial charge in [-0.15, -0.1) is 12.3 Å². The Labute approximate surface area is 87.1 Å². The fourth-order valence-electron chi connectivity index (χ4n) is 1.05. The molecule has 0 unspecified atom stereocenters. The van der Waals surface area contributed by atoms with E-state index >= 15 is 0 Å². The van der Waals surface area contributed by atoms with Gasteiger partial charge in [-0.3, -0.25) is 0 Å². The van der Waals surface area contributed by atoms with Gasteiger partial charge < -0.3 is 5.32 Å². The van der Waals surface area contributed by atoms with E-state index in [0.29, 0.717) is 0 Å². The molecule has 13 heavy (non-hydrogen) atoms. The quantitative estimate of drug-likeness (QED) is 0.452. The minimum absolute atomic E-state index is 0.924. The normalized spacial score (nSPS) is 9.85. The van der Waals surface area contributed by atoms with Crippen molar-refractivity contribution in [3.05, 3.63) is 0 Å². The zero-order valence-electron chi connectivity index (χ0n) is 8.64. The van der Waals surface area contributed by atoms with Crippen molar-refractivity contribution in [1.29, 1.82) is 0 Å². The molecular formula is C11H21NS. The van der Waals surface area contributed by atoms with Crippen LogP contribution in [0.1, 0.15) is 32.6 Å². The van der Waals surface area contributed by atoms with Crippen LogP contribution in [-0.2, 0) is 0 Å². The van der Waals surface area contributed by atoms with Crippen molar-refractivity contribution < 1.29 is 0 Å². The average molecular weight is 199 g/mol. The van der Waals surface area contributed by atoms with E-state index in [1.165, 1.54) is 24.3 Å². The summed E-state index contributed by atoms with van der Waals surface area (Å²) in [4.78, 5) is 0. The fourth-order valence-corrected chi connectivity index (χ4v) is 1.68. The Balaban J connectivity index is 2.80. The Morgan fingerprint density at radius 3 is 2.69 bits per heavy atom. The van der Waals surface area contributed by atoms with Crippen LogP contribution in [0.2, 0.25) is 0 Å². The Morgan fingerprint density at radius 1 is 1.23 bits per heavy atom. The lowest BCUT2D eigenvalue weighted by Gasteiger charge is -2.02. The van der Waals surface area contributed by atoms with Gasteiger partial charge in [-0.2, -0.15) is 11.8 Å². The Bertz CT molecular complexity index is 129. The molecule has 0 bridgehead atoms. The van der Waals surface area contributed by atoms with Crippen molar-refractivity contribution in [3.63, 3.8) is 0 Å². The first-order valence-electron chi connectivity index (χ1n) is 5.13. The molecule has 0 aromatic heterocycles. The summed E-state index contributed by atoms with van der Waals surface area (Å²) in [7, 11) is 0. The topological polar surface area (TPSA) is 12.0 Å². The Hall–Kier alpha value is -0.130. The van der Waals surface area contributed by atoms with Crippen molar-refractivity contribution in [2.75, 3.05) is 24.6 Å². The first-order chi connectivity index (χ1) is 6.41. The number of unbranched alkanes of at least 4 members (excludes halogenated alkanes) is 2. The van der Waals surface area contributed by atoms with Gasteiger partial charge in [0.25, 0.3) is 0 Å². The van der Waals surface area contributed by atoms with Crippen LogP contribution >= 0.6 is 11.8 Å². The van der Waals surface area contributed by atoms with Crippen LogP contribution in [0.5, 0.6) is 0 Å². The summed E-state index contributed by atoms with van der Waals surface area (Å²) in [5, 5.41) is 3.42. The van der Waals surface area contributed by atoms with E-state index in [4.69, 9.17) is 6.42 Å². The maximum Gasteiger partial charge on any atom is 0.00865 e. The van der Waals surface area contributed by atoms with E-state index in [1.807, 2.05) is 11.8 Å². The lowest BCUT2D eigenvalue weighted by Crippen LogP contribution is -2.17. The van der Waals surface area contributed by atoms with Crippen LogP contribution in [0, 0.1) is 12.3 Å². The van der Waals surface area contributed by atoms with Gasteiger partial charge in [-0.25, -0.2) is 0 Å². The van der Waals surface area contributed by atoms with E-state index in [9.17, 15) is 0 Å². The van der Waals surface area contributed by atoms with Crippen molar-refractivity contribution in [3.8, 4) is 12.3 Å². The highest BCUT2D eigenvalue weighted by Gasteiger charge is 1.88. The molecule has 0 aromatic rings. The van der Waals surface area contributed by atoms with Crippen molar-refractivity contribution in [2.45, 2.75) is 32.6 Å². The Kier molecular flexibility index (Phi) is 11.8. The van der Waals surface area contributed by atoms with Crippen LogP contribution < -0.4 is 5.32 Å². The molecule has 2 heteroatoms. The molecule has 0 amide bonds. The highest BCUT2D eigenvalue weighted by Crippen LogP contribution is 1.99. The summed E-state index contributed by atoms with van der Waals surface area (Å²) in [5.41, 5.74) is 0. The number of hydrogen-bond acceptors (Lipinski definition) is 2. The number of thioether (sulfide) groups is 1. The highest BCUT2D eigenvalue weighted by atomic mass is 32.2. The first kappa shape index (κ1) is 12.9. The average Bonchev–Trinajstić information content (AvgIpc) is 2.16. The third kappa shape index (κ3) is 11.9. The summed E-state index contributed by atoms with van der Waals surface area (Å²) in [6, 6.07) is 0. The van der Waals surface area contributed by atoms with E-state index in [-0.39, 0.29) is 0 Å². The maximum atomic E-state index is 5.15. The zero-order chi connectivity index (χ0) is 9.78. The molecule has 0 fully saturated rings. The zero-order valence-corrected chi connectivity index (χ0v) is 9.46. The predicted molar refractivity (Wildman–Crippen MR) is 63.2 cm³/mol. The number of hydrogen-bond donors (Lipinski definition) is 1. The monoisotopic (exact) mass is 199 g/mol. The fraction of sp³-hybridized carbons (Fsp3) is 0.818. The van der Waals surface area contributed by atoms with Crippen molar-refractivity contribution in [1.82, 2.24) is 5.32 Å². The second-order valence-corrected chi connectivity index (χ2v) is 4.36. The second kappa shape index (κ2) is 11.9. The van der Waals surface area contributed by atoms with Gasteiger partial charge >= 0.3 is 0 Å². The molecule has 0 rings (SSSR count). The van der Waals surface area contributed by atoms with E-state index in [1.54, 1.807) is 0 Å². The van der Waals surface area contributed by atoms with Gasteiger partial charge in [0.15, 0.2) is 0 Å². The van der Waals surface area contributed by atoms with Crippen LogP contribution in [-0.4, -0.2) is 24.6 Å². The lowest BCUT2D eigenvalue weighted by atomic mass is 10.2. The van der Waals surface area contributed by atoms with E-state index in [2.05, 4.69) is 18.2 Å². The largest absolute Gasteiger partial charge is 0.317 e. The molecule has 1 N–H and O–H groups in total. The van der Waals surface area contributed by atoms with Crippen molar-refractivity contribution in [2.24, 2.45) is 0 Å². The molecule has 0 atom stereocenters. The van der Waals surface area contributed by atoms with Crippen LogP contribution in [0.25, 0.3) is 0 Å².